The summed E-state index contributed by atoms with van der Waals surface area (Å²) in [6.45, 7) is 4.19. The Balaban J connectivity index is 1.70. The van der Waals surface area contributed by atoms with Gasteiger partial charge in [-0.15, -0.1) is 0 Å². The molecule has 28 heavy (non-hydrogen) atoms. The predicted molar refractivity (Wildman–Crippen MR) is 101 cm³/mol. The van der Waals surface area contributed by atoms with Crippen LogP contribution in [0.5, 0.6) is 0 Å². The maximum absolute atomic E-state index is 13.0. The van der Waals surface area contributed by atoms with Crippen LogP contribution in [0.15, 0.2) is 41.7 Å². The molecule has 1 fully saturated rings. The lowest BCUT2D eigenvalue weighted by Crippen LogP contribution is -2.28. The molecule has 0 saturated carbocycles. The van der Waals surface area contributed by atoms with E-state index < -0.39 is 11.8 Å². The number of ketones is 1. The number of esters is 1. The van der Waals surface area contributed by atoms with Crippen molar-refractivity contribution in [1.29, 1.82) is 0 Å². The Labute approximate surface area is 161 Å². The molecule has 0 unspecified atom stereocenters. The van der Waals surface area contributed by atoms with Crippen LogP contribution in [0.25, 0.3) is 17.1 Å². The molecule has 0 aromatic carbocycles. The number of hydrogen-bond acceptors (Lipinski definition) is 7. The highest BCUT2D eigenvalue weighted by molar-refractivity contribution is 6.26. The van der Waals surface area contributed by atoms with Gasteiger partial charge in [-0.3, -0.25) is 4.79 Å². The topological polar surface area (TPSA) is 93.8 Å². The third kappa shape index (κ3) is 3.38. The van der Waals surface area contributed by atoms with Gasteiger partial charge in [-0.2, -0.15) is 0 Å². The standard InChI is InChI=1S/C20H21N3O5/c1-2-27-20(25)16-17(24)15(28-19(16)23-7-4-9-26-10-8-23)11-13-12-22-18-14(13)5-3-6-21-18/h3,5-6,11-12H,2,4,7-10H2,1H3,(H,21,22)/b15-11-. The minimum atomic E-state index is -0.670. The third-order valence-corrected chi connectivity index (χ3v) is 4.63. The Bertz CT molecular complexity index is 967. The van der Waals surface area contributed by atoms with E-state index in [1.54, 1.807) is 25.4 Å². The molecule has 0 spiro atoms. The number of carbonyl (C=O) groups is 2. The van der Waals surface area contributed by atoms with Crippen molar-refractivity contribution in [2.24, 2.45) is 0 Å². The lowest BCUT2D eigenvalue weighted by molar-refractivity contribution is -0.139. The first-order valence-electron chi connectivity index (χ1n) is 9.29. The molecule has 4 heterocycles. The van der Waals surface area contributed by atoms with Crippen molar-refractivity contribution in [3.05, 3.63) is 47.3 Å². The number of H-pyrrole nitrogens is 1. The largest absolute Gasteiger partial charge is 0.462 e. The first-order chi connectivity index (χ1) is 13.7. The summed E-state index contributed by atoms with van der Waals surface area (Å²) in [5.74, 6) is -0.806. The molecule has 8 nitrogen and oxygen atoms in total. The molecular weight excluding hydrogens is 362 g/mol. The Kier molecular flexibility index (Phi) is 5.12. The van der Waals surface area contributed by atoms with Gasteiger partial charge in [0.25, 0.3) is 0 Å². The molecular formula is C20H21N3O5. The van der Waals surface area contributed by atoms with Gasteiger partial charge in [0.05, 0.1) is 13.2 Å². The van der Waals surface area contributed by atoms with Crippen molar-refractivity contribution >= 4 is 28.9 Å². The van der Waals surface area contributed by atoms with E-state index in [-0.39, 0.29) is 23.8 Å². The van der Waals surface area contributed by atoms with E-state index in [0.717, 1.165) is 17.4 Å². The highest BCUT2D eigenvalue weighted by Crippen LogP contribution is 2.31. The number of ether oxygens (including phenoxy) is 3. The van der Waals surface area contributed by atoms with Gasteiger partial charge in [-0.1, -0.05) is 0 Å². The normalized spacial score (nSPS) is 19.2. The molecule has 1 saturated heterocycles. The molecule has 146 valence electrons. The Morgan fingerprint density at radius 3 is 3.14 bits per heavy atom. The van der Waals surface area contributed by atoms with Gasteiger partial charge in [-0.05, 0) is 31.6 Å². The summed E-state index contributed by atoms with van der Waals surface area (Å²) in [5, 5.41) is 0.862. The quantitative estimate of drug-likeness (QED) is 0.490. The average Bonchev–Trinajstić information content (AvgIpc) is 3.12. The van der Waals surface area contributed by atoms with Crippen LogP contribution in [0.3, 0.4) is 0 Å². The molecule has 4 rings (SSSR count). The number of hydrogen-bond donors (Lipinski definition) is 1. The Morgan fingerprint density at radius 2 is 2.29 bits per heavy atom. The molecule has 0 bridgehead atoms. The number of aromatic amines is 1. The molecule has 0 atom stereocenters. The minimum absolute atomic E-state index is 0.0621. The molecule has 2 aliphatic rings. The van der Waals surface area contributed by atoms with E-state index in [2.05, 4.69) is 9.97 Å². The summed E-state index contributed by atoms with van der Waals surface area (Å²) < 4.78 is 16.5. The number of aromatic nitrogens is 2. The van der Waals surface area contributed by atoms with Gasteiger partial charge in [0.15, 0.2) is 11.3 Å². The van der Waals surface area contributed by atoms with Crippen LogP contribution in [0.2, 0.25) is 0 Å². The maximum atomic E-state index is 13.0. The molecule has 2 aromatic rings. The number of fused-ring (bicyclic) bond motifs is 1. The third-order valence-electron chi connectivity index (χ3n) is 4.63. The first-order valence-corrected chi connectivity index (χ1v) is 9.29. The zero-order valence-electron chi connectivity index (χ0n) is 15.6. The second-order valence-corrected chi connectivity index (χ2v) is 6.44. The predicted octanol–water partition coefficient (Wildman–Crippen LogP) is 2.00. The van der Waals surface area contributed by atoms with Crippen molar-refractivity contribution in [3.63, 3.8) is 0 Å². The zero-order valence-corrected chi connectivity index (χ0v) is 15.6. The van der Waals surface area contributed by atoms with E-state index in [0.29, 0.717) is 32.0 Å². The summed E-state index contributed by atoms with van der Waals surface area (Å²) in [5.41, 5.74) is 1.41. The molecule has 2 aliphatic heterocycles. The molecule has 0 amide bonds. The number of carbonyl (C=O) groups excluding carboxylic acids is 2. The van der Waals surface area contributed by atoms with Crippen molar-refractivity contribution in [3.8, 4) is 0 Å². The lowest BCUT2D eigenvalue weighted by atomic mass is 10.1. The van der Waals surface area contributed by atoms with E-state index in [9.17, 15) is 9.59 Å². The fourth-order valence-corrected chi connectivity index (χ4v) is 3.31. The van der Waals surface area contributed by atoms with Crippen LogP contribution in [0.1, 0.15) is 18.9 Å². The number of nitrogens with one attached hydrogen (secondary N) is 1. The highest BCUT2D eigenvalue weighted by atomic mass is 16.5. The highest BCUT2D eigenvalue weighted by Gasteiger charge is 2.39. The van der Waals surface area contributed by atoms with Gasteiger partial charge in [-0.25, -0.2) is 9.78 Å². The van der Waals surface area contributed by atoms with Gasteiger partial charge in [0.1, 0.15) is 5.65 Å². The number of nitrogens with zero attached hydrogens (tertiary/aromatic N) is 2. The van der Waals surface area contributed by atoms with Crippen LogP contribution < -0.4 is 0 Å². The van der Waals surface area contributed by atoms with Gasteiger partial charge < -0.3 is 24.1 Å². The Hall–Kier alpha value is -3.13. The first kappa shape index (κ1) is 18.2. The Morgan fingerprint density at radius 1 is 1.39 bits per heavy atom. The van der Waals surface area contributed by atoms with Crippen molar-refractivity contribution in [2.45, 2.75) is 13.3 Å². The monoisotopic (exact) mass is 383 g/mol. The maximum Gasteiger partial charge on any atom is 0.347 e. The van der Waals surface area contributed by atoms with E-state index >= 15 is 0 Å². The van der Waals surface area contributed by atoms with Crippen LogP contribution >= 0.6 is 0 Å². The van der Waals surface area contributed by atoms with E-state index in [1.807, 2.05) is 17.0 Å². The molecule has 8 heteroatoms. The van der Waals surface area contributed by atoms with Crippen molar-refractivity contribution in [2.75, 3.05) is 32.9 Å². The fourth-order valence-electron chi connectivity index (χ4n) is 3.31. The van der Waals surface area contributed by atoms with E-state index in [1.165, 1.54) is 0 Å². The van der Waals surface area contributed by atoms with Crippen LogP contribution in [-0.4, -0.2) is 59.5 Å². The minimum Gasteiger partial charge on any atom is -0.462 e. The molecule has 0 radical (unpaired) electrons. The number of Topliss-reactive ketones (excluding diaryl/α,β-unsaturated/α-hetero) is 1. The summed E-state index contributed by atoms with van der Waals surface area (Å²) >= 11 is 0. The lowest BCUT2D eigenvalue weighted by Gasteiger charge is -2.22. The summed E-state index contributed by atoms with van der Waals surface area (Å²) in [6.07, 6.45) is 5.85. The summed E-state index contributed by atoms with van der Waals surface area (Å²) in [4.78, 5) is 34.6. The fraction of sp³-hybridized carbons (Fsp3) is 0.350. The molecule has 1 N–H and O–H groups in total. The SMILES string of the molecule is CCOC(=O)C1=C(N2CCCOCC2)O/C(=C\c2c[nH]c3ncccc23)C1=O. The van der Waals surface area contributed by atoms with Crippen LogP contribution in [-0.2, 0) is 23.8 Å². The van der Waals surface area contributed by atoms with Gasteiger partial charge in [0, 0.05) is 43.0 Å². The van der Waals surface area contributed by atoms with Gasteiger partial charge in [0.2, 0.25) is 11.7 Å². The number of allylic oxidation sites excluding steroid dienone is 1. The van der Waals surface area contributed by atoms with Gasteiger partial charge >= 0.3 is 5.97 Å². The summed E-state index contributed by atoms with van der Waals surface area (Å²) in [6, 6.07) is 3.72. The van der Waals surface area contributed by atoms with Crippen molar-refractivity contribution < 1.29 is 23.8 Å². The van der Waals surface area contributed by atoms with Crippen LogP contribution in [0, 0.1) is 0 Å². The number of pyridine rings is 1. The average molecular weight is 383 g/mol. The van der Waals surface area contributed by atoms with Crippen LogP contribution in [0.4, 0.5) is 0 Å². The van der Waals surface area contributed by atoms with Crippen molar-refractivity contribution in [1.82, 2.24) is 14.9 Å². The summed E-state index contributed by atoms with van der Waals surface area (Å²) in [7, 11) is 0. The number of rotatable bonds is 4. The second kappa shape index (κ2) is 7.85. The zero-order chi connectivity index (χ0) is 19.5. The molecule has 0 aliphatic carbocycles. The molecule has 2 aromatic heterocycles. The second-order valence-electron chi connectivity index (χ2n) is 6.44. The van der Waals surface area contributed by atoms with E-state index in [4.69, 9.17) is 14.2 Å². The smallest absolute Gasteiger partial charge is 0.347 e.